The number of nitrogens with zero attached hydrogens (tertiary/aromatic N) is 2. The Morgan fingerprint density at radius 1 is 1.55 bits per heavy atom. The average molecular weight is 151 g/mol. The van der Waals surface area contributed by atoms with E-state index in [9.17, 15) is 0 Å². The number of hydrogen-bond donors (Lipinski definition) is 1. The van der Waals surface area contributed by atoms with E-state index in [1.165, 1.54) is 25.7 Å². The molecule has 0 heterocycles. The van der Waals surface area contributed by atoms with Crippen LogP contribution in [0.3, 0.4) is 0 Å². The molecule has 1 saturated carbocycles. The summed E-state index contributed by atoms with van der Waals surface area (Å²) < 4.78 is 0. The van der Waals surface area contributed by atoms with Crippen molar-refractivity contribution in [1.29, 1.82) is 5.26 Å². The number of nitriles is 1. The summed E-state index contributed by atoms with van der Waals surface area (Å²) >= 11 is 0. The number of aliphatic imine (C=N–C) groups is 1. The summed E-state index contributed by atoms with van der Waals surface area (Å²) in [6.45, 7) is 0. The van der Waals surface area contributed by atoms with Crippen molar-refractivity contribution in [3.05, 3.63) is 0 Å². The molecule has 3 heteroatoms. The van der Waals surface area contributed by atoms with Crippen LogP contribution in [0.2, 0.25) is 0 Å². The molecule has 0 amide bonds. The fraction of sp³-hybridized carbons (Fsp3) is 0.750. The van der Waals surface area contributed by atoms with Crippen LogP contribution in [-0.4, -0.2) is 12.9 Å². The van der Waals surface area contributed by atoms with Gasteiger partial charge < -0.3 is 5.32 Å². The fourth-order valence-corrected chi connectivity index (χ4v) is 1.60. The summed E-state index contributed by atoms with van der Waals surface area (Å²) in [5.41, 5.74) is 0. The summed E-state index contributed by atoms with van der Waals surface area (Å²) in [7, 11) is 1.83. The maximum atomic E-state index is 8.35. The van der Waals surface area contributed by atoms with Gasteiger partial charge >= 0.3 is 0 Å². The smallest absolute Gasteiger partial charge is 0.207 e. The van der Waals surface area contributed by atoms with Crippen LogP contribution in [0.1, 0.15) is 25.7 Å². The molecule has 0 atom stereocenters. The van der Waals surface area contributed by atoms with E-state index in [0.717, 1.165) is 5.84 Å². The molecular formula is C8H13N3. The highest BCUT2D eigenvalue weighted by Crippen LogP contribution is 2.25. The lowest BCUT2D eigenvalue weighted by Crippen LogP contribution is -2.25. The van der Waals surface area contributed by atoms with Crippen molar-refractivity contribution < 1.29 is 0 Å². The van der Waals surface area contributed by atoms with Crippen molar-refractivity contribution in [3.63, 3.8) is 0 Å². The zero-order valence-corrected chi connectivity index (χ0v) is 6.80. The number of hydrogen-bond acceptors (Lipinski definition) is 2. The Balaban J connectivity index is 2.55. The van der Waals surface area contributed by atoms with Crippen molar-refractivity contribution in [1.82, 2.24) is 5.32 Å². The largest absolute Gasteiger partial charge is 0.376 e. The van der Waals surface area contributed by atoms with Crippen molar-refractivity contribution in [2.75, 3.05) is 7.05 Å². The van der Waals surface area contributed by atoms with E-state index in [2.05, 4.69) is 10.3 Å². The van der Waals surface area contributed by atoms with E-state index in [4.69, 9.17) is 5.26 Å². The Labute approximate surface area is 67.1 Å². The van der Waals surface area contributed by atoms with Gasteiger partial charge in [0, 0.05) is 13.0 Å². The van der Waals surface area contributed by atoms with Gasteiger partial charge in [-0.05, 0) is 12.8 Å². The zero-order chi connectivity index (χ0) is 8.10. The zero-order valence-electron chi connectivity index (χ0n) is 6.80. The first-order chi connectivity index (χ1) is 5.38. The van der Waals surface area contributed by atoms with Crippen LogP contribution in [0.4, 0.5) is 0 Å². The molecular weight excluding hydrogens is 138 g/mol. The van der Waals surface area contributed by atoms with Crippen LogP contribution < -0.4 is 5.32 Å². The van der Waals surface area contributed by atoms with Gasteiger partial charge in [-0.15, -0.1) is 0 Å². The second-order valence-corrected chi connectivity index (χ2v) is 2.83. The minimum absolute atomic E-state index is 0.514. The lowest BCUT2D eigenvalue weighted by atomic mass is 10.1. The van der Waals surface area contributed by atoms with Gasteiger partial charge in [0.2, 0.25) is 6.19 Å². The molecule has 1 aliphatic carbocycles. The molecule has 60 valence electrons. The topological polar surface area (TPSA) is 48.2 Å². The second kappa shape index (κ2) is 3.97. The van der Waals surface area contributed by atoms with Crippen LogP contribution in [0.5, 0.6) is 0 Å². The highest BCUT2D eigenvalue weighted by Gasteiger charge is 2.19. The van der Waals surface area contributed by atoms with Crippen LogP contribution >= 0.6 is 0 Å². The number of rotatable bonds is 1. The van der Waals surface area contributed by atoms with Crippen molar-refractivity contribution in [3.8, 4) is 6.19 Å². The molecule has 0 aromatic heterocycles. The lowest BCUT2D eigenvalue weighted by molar-refractivity contribution is 0.705. The van der Waals surface area contributed by atoms with Gasteiger partial charge in [-0.1, -0.05) is 12.8 Å². The Kier molecular flexibility index (Phi) is 2.91. The van der Waals surface area contributed by atoms with E-state index in [0.29, 0.717) is 5.92 Å². The first-order valence-electron chi connectivity index (χ1n) is 4.03. The van der Waals surface area contributed by atoms with Crippen LogP contribution in [-0.2, 0) is 0 Å². The molecule has 0 aromatic carbocycles. The minimum Gasteiger partial charge on any atom is -0.376 e. The normalized spacial score (nSPS) is 19.8. The molecule has 0 saturated heterocycles. The second-order valence-electron chi connectivity index (χ2n) is 2.83. The molecule has 11 heavy (non-hydrogen) atoms. The molecule has 0 radical (unpaired) electrons. The monoisotopic (exact) mass is 151 g/mol. The van der Waals surface area contributed by atoms with Gasteiger partial charge in [0.1, 0.15) is 5.84 Å². The predicted octanol–water partition coefficient (Wildman–Crippen LogP) is 1.28. The third kappa shape index (κ3) is 1.94. The van der Waals surface area contributed by atoms with Gasteiger partial charge in [-0.25, -0.2) is 0 Å². The Bertz CT molecular complexity index is 184. The van der Waals surface area contributed by atoms with E-state index in [-0.39, 0.29) is 0 Å². The van der Waals surface area contributed by atoms with E-state index < -0.39 is 0 Å². The quantitative estimate of drug-likeness (QED) is 0.348. The van der Waals surface area contributed by atoms with Gasteiger partial charge in [0.25, 0.3) is 0 Å². The third-order valence-corrected chi connectivity index (χ3v) is 2.17. The number of amidine groups is 1. The minimum atomic E-state index is 0.514. The fourth-order valence-electron chi connectivity index (χ4n) is 1.60. The molecule has 0 spiro atoms. The average Bonchev–Trinajstić information content (AvgIpc) is 2.52. The Hall–Kier alpha value is -1.04. The van der Waals surface area contributed by atoms with Crippen molar-refractivity contribution >= 4 is 5.84 Å². The lowest BCUT2D eigenvalue weighted by Gasteiger charge is -2.09. The summed E-state index contributed by atoms with van der Waals surface area (Å²) in [6, 6.07) is 0. The van der Waals surface area contributed by atoms with Gasteiger partial charge in [-0.2, -0.15) is 10.3 Å². The maximum Gasteiger partial charge on any atom is 0.207 e. The predicted molar refractivity (Wildman–Crippen MR) is 44.1 cm³/mol. The van der Waals surface area contributed by atoms with Gasteiger partial charge in [0.05, 0.1) is 0 Å². The van der Waals surface area contributed by atoms with Gasteiger partial charge in [-0.3, -0.25) is 0 Å². The third-order valence-electron chi connectivity index (χ3n) is 2.17. The molecule has 3 nitrogen and oxygen atoms in total. The first kappa shape index (κ1) is 8.06. The van der Waals surface area contributed by atoms with E-state index in [1.54, 1.807) is 0 Å². The van der Waals surface area contributed by atoms with E-state index in [1.807, 2.05) is 13.2 Å². The highest BCUT2D eigenvalue weighted by molar-refractivity contribution is 5.85. The summed E-state index contributed by atoms with van der Waals surface area (Å²) in [6.07, 6.45) is 6.73. The van der Waals surface area contributed by atoms with Crippen LogP contribution in [0.25, 0.3) is 0 Å². The Morgan fingerprint density at radius 2 is 2.18 bits per heavy atom. The van der Waals surface area contributed by atoms with E-state index >= 15 is 0 Å². The summed E-state index contributed by atoms with van der Waals surface area (Å²) in [5, 5.41) is 11.3. The van der Waals surface area contributed by atoms with Crippen LogP contribution in [0, 0.1) is 17.4 Å². The summed E-state index contributed by atoms with van der Waals surface area (Å²) in [4.78, 5) is 3.74. The van der Waals surface area contributed by atoms with Gasteiger partial charge in [0.15, 0.2) is 0 Å². The summed E-state index contributed by atoms with van der Waals surface area (Å²) in [5.74, 6) is 1.38. The maximum absolute atomic E-state index is 8.35. The molecule has 1 aliphatic rings. The first-order valence-corrected chi connectivity index (χ1v) is 4.03. The molecule has 0 bridgehead atoms. The molecule has 1 fully saturated rings. The standard InChI is InChI=1S/C8H13N3/c1-10-8(11-6-9)7-4-2-3-5-7/h7H,2-5H2,1H3,(H,10,11). The molecule has 0 aliphatic heterocycles. The number of nitrogens with one attached hydrogen (secondary N) is 1. The molecule has 1 N–H and O–H groups in total. The molecule has 1 rings (SSSR count). The molecule has 0 unspecified atom stereocenters. The van der Waals surface area contributed by atoms with Crippen molar-refractivity contribution in [2.45, 2.75) is 25.7 Å². The highest BCUT2D eigenvalue weighted by atomic mass is 15.0. The SMILES string of the molecule is CN/C(=N\C#N)C1CCCC1. The van der Waals surface area contributed by atoms with Crippen molar-refractivity contribution in [2.24, 2.45) is 10.9 Å². The molecule has 0 aromatic rings. The van der Waals surface area contributed by atoms with Crippen LogP contribution in [0.15, 0.2) is 4.99 Å². The Morgan fingerprint density at radius 3 is 2.64 bits per heavy atom.